The molecule has 1 aliphatic heterocycles. The van der Waals surface area contributed by atoms with E-state index in [9.17, 15) is 13.2 Å². The Balaban J connectivity index is 1.96. The van der Waals surface area contributed by atoms with Crippen LogP contribution < -0.4 is 10.1 Å². The van der Waals surface area contributed by atoms with Crippen molar-refractivity contribution in [1.29, 1.82) is 0 Å². The third-order valence-corrected chi connectivity index (χ3v) is 7.31. The smallest absolute Gasteiger partial charge is 0.259 e. The molecule has 1 saturated heterocycles. The number of ether oxygens (including phenoxy) is 1. The Morgan fingerprint density at radius 3 is 2.32 bits per heavy atom. The molecular weight excluding hydrogens is 447 g/mol. The maximum atomic E-state index is 12.8. The largest absolute Gasteiger partial charge is 0.496 e. The average molecular weight is 464 g/mol. The summed E-state index contributed by atoms with van der Waals surface area (Å²) in [6.45, 7) is 0.934. The lowest BCUT2D eigenvalue weighted by atomic mass is 10.2. The number of nitrogens with one attached hydrogen (secondary N) is 1. The Hall–Kier alpha value is -1.51. The van der Waals surface area contributed by atoms with E-state index < -0.39 is 15.9 Å². The summed E-state index contributed by atoms with van der Waals surface area (Å²) in [4.78, 5) is 12.8. The molecule has 0 saturated carbocycles. The summed E-state index contributed by atoms with van der Waals surface area (Å²) in [5.41, 5.74) is 0.306. The van der Waals surface area contributed by atoms with Crippen LogP contribution in [0.15, 0.2) is 35.2 Å². The predicted molar refractivity (Wildman–Crippen MR) is 110 cm³/mol. The normalized spacial score (nSPS) is 14.9. The van der Waals surface area contributed by atoms with E-state index in [1.807, 2.05) is 0 Å². The molecule has 0 aliphatic carbocycles. The molecule has 1 aliphatic rings. The van der Waals surface area contributed by atoms with Crippen molar-refractivity contribution in [3.05, 3.63) is 51.0 Å². The lowest BCUT2D eigenvalue weighted by Gasteiger charge is -2.17. The van der Waals surface area contributed by atoms with E-state index in [0.717, 1.165) is 12.8 Å². The van der Waals surface area contributed by atoms with Crippen molar-refractivity contribution in [2.75, 3.05) is 25.5 Å². The highest BCUT2D eigenvalue weighted by molar-refractivity contribution is 7.89. The van der Waals surface area contributed by atoms with E-state index in [0.29, 0.717) is 13.1 Å². The molecule has 2 aromatic rings. The number of methoxy groups -OCH3 is 1. The standard InChI is InChI=1S/C18H17Cl3N2O4S/c1-27-17-5-4-11(28(25,26)23-6-2-3-7-23)8-12(17)18(24)22-16-10-14(20)13(19)9-15(16)21/h4-5,8-10H,2-3,6-7H2,1H3,(H,22,24). The van der Waals surface area contributed by atoms with Crippen molar-refractivity contribution in [2.45, 2.75) is 17.7 Å². The number of hydrogen-bond donors (Lipinski definition) is 1. The molecule has 1 N–H and O–H groups in total. The van der Waals surface area contributed by atoms with Crippen LogP contribution in [0.3, 0.4) is 0 Å². The summed E-state index contributed by atoms with van der Waals surface area (Å²) in [6, 6.07) is 7.00. The molecule has 0 spiro atoms. The maximum Gasteiger partial charge on any atom is 0.259 e. The Kier molecular flexibility index (Phi) is 6.41. The third kappa shape index (κ3) is 4.23. The van der Waals surface area contributed by atoms with Crippen molar-refractivity contribution in [3.63, 3.8) is 0 Å². The minimum atomic E-state index is -3.68. The highest BCUT2D eigenvalue weighted by atomic mass is 35.5. The first-order valence-electron chi connectivity index (χ1n) is 8.38. The van der Waals surface area contributed by atoms with Gasteiger partial charge in [0.15, 0.2) is 0 Å². The van der Waals surface area contributed by atoms with Crippen LogP contribution in [-0.2, 0) is 10.0 Å². The second-order valence-electron chi connectivity index (χ2n) is 6.17. The van der Waals surface area contributed by atoms with Gasteiger partial charge >= 0.3 is 0 Å². The van der Waals surface area contributed by atoms with Gasteiger partial charge in [0.05, 0.1) is 38.3 Å². The van der Waals surface area contributed by atoms with Crippen LogP contribution in [0.25, 0.3) is 0 Å². The Morgan fingerprint density at radius 1 is 1.04 bits per heavy atom. The maximum absolute atomic E-state index is 12.8. The predicted octanol–water partition coefficient (Wildman–Crippen LogP) is 4.69. The lowest BCUT2D eigenvalue weighted by Crippen LogP contribution is -2.28. The molecule has 28 heavy (non-hydrogen) atoms. The molecule has 150 valence electrons. The number of anilines is 1. The van der Waals surface area contributed by atoms with Gasteiger partial charge in [-0.05, 0) is 43.2 Å². The Labute approximate surface area is 178 Å². The number of halogens is 3. The van der Waals surface area contributed by atoms with Crippen LogP contribution in [-0.4, -0.2) is 38.8 Å². The van der Waals surface area contributed by atoms with E-state index >= 15 is 0 Å². The van der Waals surface area contributed by atoms with Crippen LogP contribution in [0.1, 0.15) is 23.2 Å². The molecule has 0 aromatic heterocycles. The van der Waals surface area contributed by atoms with Gasteiger partial charge in [-0.3, -0.25) is 4.79 Å². The van der Waals surface area contributed by atoms with Crippen molar-refractivity contribution in [3.8, 4) is 5.75 Å². The first kappa shape index (κ1) is 21.2. The average Bonchev–Trinajstić information content (AvgIpc) is 3.21. The second-order valence-corrected chi connectivity index (χ2v) is 9.33. The number of nitrogens with zero attached hydrogens (tertiary/aromatic N) is 1. The molecule has 3 rings (SSSR count). The van der Waals surface area contributed by atoms with Gasteiger partial charge in [-0.25, -0.2) is 8.42 Å². The summed E-state index contributed by atoms with van der Waals surface area (Å²) >= 11 is 18.0. The molecule has 2 aromatic carbocycles. The summed E-state index contributed by atoms with van der Waals surface area (Å²) < 4.78 is 32.2. The molecule has 6 nitrogen and oxygen atoms in total. The van der Waals surface area contributed by atoms with E-state index in [1.165, 1.54) is 41.7 Å². The fourth-order valence-electron chi connectivity index (χ4n) is 2.91. The molecule has 0 radical (unpaired) electrons. The minimum Gasteiger partial charge on any atom is -0.496 e. The van der Waals surface area contributed by atoms with Crippen LogP contribution in [0.2, 0.25) is 15.1 Å². The fourth-order valence-corrected chi connectivity index (χ4v) is 5.05. The summed E-state index contributed by atoms with van der Waals surface area (Å²) in [5, 5.41) is 3.28. The number of sulfonamides is 1. The molecule has 0 atom stereocenters. The van der Waals surface area contributed by atoms with Gasteiger partial charge < -0.3 is 10.1 Å². The van der Waals surface area contributed by atoms with Gasteiger partial charge in [0.25, 0.3) is 5.91 Å². The summed E-state index contributed by atoms with van der Waals surface area (Å²) in [5.74, 6) is -0.357. The second kappa shape index (κ2) is 8.47. The first-order valence-corrected chi connectivity index (χ1v) is 11.0. The minimum absolute atomic E-state index is 0.0283. The highest BCUT2D eigenvalue weighted by Crippen LogP contribution is 2.33. The number of carbonyl (C=O) groups is 1. The van der Waals surface area contributed by atoms with Crippen molar-refractivity contribution < 1.29 is 17.9 Å². The van der Waals surface area contributed by atoms with Gasteiger partial charge in [0.1, 0.15) is 5.75 Å². The van der Waals surface area contributed by atoms with Gasteiger partial charge in [0.2, 0.25) is 10.0 Å². The zero-order chi connectivity index (χ0) is 20.5. The van der Waals surface area contributed by atoms with Gasteiger partial charge in [0, 0.05) is 13.1 Å². The Morgan fingerprint density at radius 2 is 1.68 bits per heavy atom. The summed E-state index contributed by atoms with van der Waals surface area (Å²) in [7, 11) is -2.28. The topological polar surface area (TPSA) is 75.7 Å². The zero-order valence-electron chi connectivity index (χ0n) is 14.8. The van der Waals surface area contributed by atoms with E-state index in [-0.39, 0.29) is 37.0 Å². The molecule has 10 heteroatoms. The number of hydrogen-bond acceptors (Lipinski definition) is 4. The van der Waals surface area contributed by atoms with Crippen molar-refractivity contribution in [1.82, 2.24) is 4.31 Å². The monoisotopic (exact) mass is 462 g/mol. The van der Waals surface area contributed by atoms with Crippen molar-refractivity contribution >= 4 is 56.4 Å². The van der Waals surface area contributed by atoms with Crippen LogP contribution >= 0.6 is 34.8 Å². The van der Waals surface area contributed by atoms with Crippen LogP contribution in [0.5, 0.6) is 5.75 Å². The van der Waals surface area contributed by atoms with Crippen molar-refractivity contribution in [2.24, 2.45) is 0 Å². The molecule has 1 fully saturated rings. The van der Waals surface area contributed by atoms with Gasteiger partial charge in [-0.2, -0.15) is 4.31 Å². The van der Waals surface area contributed by atoms with Gasteiger partial charge in [-0.15, -0.1) is 0 Å². The molecule has 1 amide bonds. The zero-order valence-corrected chi connectivity index (χ0v) is 17.9. The lowest BCUT2D eigenvalue weighted by molar-refractivity contribution is 0.102. The highest BCUT2D eigenvalue weighted by Gasteiger charge is 2.28. The number of rotatable bonds is 5. The van der Waals surface area contributed by atoms with Crippen LogP contribution in [0, 0.1) is 0 Å². The first-order chi connectivity index (χ1) is 13.2. The number of carbonyl (C=O) groups excluding carboxylic acids is 1. The fraction of sp³-hybridized carbons (Fsp3) is 0.278. The molecule has 0 bridgehead atoms. The van der Waals surface area contributed by atoms with Gasteiger partial charge in [-0.1, -0.05) is 34.8 Å². The van der Waals surface area contributed by atoms with Crippen LogP contribution in [0.4, 0.5) is 5.69 Å². The number of amides is 1. The molecule has 0 unspecified atom stereocenters. The summed E-state index contributed by atoms with van der Waals surface area (Å²) in [6.07, 6.45) is 1.64. The quantitative estimate of drug-likeness (QED) is 0.653. The van der Waals surface area contributed by atoms with E-state index in [1.54, 1.807) is 0 Å². The molecule has 1 heterocycles. The SMILES string of the molecule is COc1ccc(S(=O)(=O)N2CCCC2)cc1C(=O)Nc1cc(Cl)c(Cl)cc1Cl. The van der Waals surface area contributed by atoms with E-state index in [4.69, 9.17) is 39.5 Å². The molecular formula is C18H17Cl3N2O4S. The third-order valence-electron chi connectivity index (χ3n) is 4.38. The van der Waals surface area contributed by atoms with E-state index in [2.05, 4.69) is 5.32 Å². The Bertz CT molecular complexity index is 1020. The number of benzene rings is 2.